The molecule has 1 aromatic heterocycles. The summed E-state index contributed by atoms with van der Waals surface area (Å²) < 4.78 is 1.17. The van der Waals surface area contributed by atoms with Crippen LogP contribution in [0.4, 0.5) is 0 Å². The molecular weight excluding hydrogens is 330 g/mol. The Balaban J connectivity index is 2.25. The molecule has 1 nitrogen and oxygen atoms in total. The molecule has 0 saturated carbocycles. The second kappa shape index (κ2) is 7.39. The van der Waals surface area contributed by atoms with Gasteiger partial charge in [0.15, 0.2) is 0 Å². The fourth-order valence-corrected chi connectivity index (χ4v) is 4.07. The Hall–Kier alpha value is -0.640. The Morgan fingerprint density at radius 3 is 2.70 bits per heavy atom. The van der Waals surface area contributed by atoms with Gasteiger partial charge in [-0.25, -0.2) is 0 Å². The van der Waals surface area contributed by atoms with Crippen molar-refractivity contribution in [2.45, 2.75) is 39.7 Å². The number of hydrogen-bond donors (Lipinski definition) is 1. The summed E-state index contributed by atoms with van der Waals surface area (Å²) in [5.74, 6) is 0. The van der Waals surface area contributed by atoms with Crippen LogP contribution in [0, 0.1) is 6.92 Å². The zero-order chi connectivity index (χ0) is 14.5. The van der Waals surface area contributed by atoms with Gasteiger partial charge in [-0.1, -0.05) is 41.4 Å². The maximum Gasteiger partial charge on any atom is 0.0412 e. The number of halogens is 1. The van der Waals surface area contributed by atoms with Gasteiger partial charge in [0.25, 0.3) is 0 Å². The summed E-state index contributed by atoms with van der Waals surface area (Å²) in [6, 6.07) is 11.5. The van der Waals surface area contributed by atoms with E-state index in [4.69, 9.17) is 0 Å². The van der Waals surface area contributed by atoms with E-state index in [0.29, 0.717) is 6.04 Å². The van der Waals surface area contributed by atoms with Crippen molar-refractivity contribution in [3.63, 3.8) is 0 Å². The molecule has 1 heterocycles. The molecule has 3 heteroatoms. The Bertz CT molecular complexity index is 562. The summed E-state index contributed by atoms with van der Waals surface area (Å²) in [5, 5.41) is 3.62. The number of thiophene rings is 1. The molecule has 0 aliphatic heterocycles. The fourth-order valence-electron chi connectivity index (χ4n) is 2.28. The minimum atomic E-state index is 0.484. The predicted octanol–water partition coefficient (Wildman–Crippen LogP) is 5.94. The van der Waals surface area contributed by atoms with E-state index in [0.717, 1.165) is 13.0 Å². The molecule has 0 aliphatic rings. The van der Waals surface area contributed by atoms with E-state index in [1.165, 1.54) is 31.8 Å². The van der Waals surface area contributed by atoms with Crippen LogP contribution in [0.1, 0.15) is 43.2 Å². The Kier molecular flexibility index (Phi) is 5.82. The summed E-state index contributed by atoms with van der Waals surface area (Å²) in [6.07, 6.45) is 2.31. The van der Waals surface area contributed by atoms with E-state index in [1.807, 2.05) is 11.3 Å². The number of hydrogen-bond acceptors (Lipinski definition) is 2. The van der Waals surface area contributed by atoms with Crippen LogP contribution < -0.4 is 5.32 Å². The van der Waals surface area contributed by atoms with E-state index in [-0.39, 0.29) is 0 Å². The first-order chi connectivity index (χ1) is 9.65. The van der Waals surface area contributed by atoms with Gasteiger partial charge in [-0.15, -0.1) is 11.3 Å². The highest BCUT2D eigenvalue weighted by molar-refractivity contribution is 9.10. The van der Waals surface area contributed by atoms with Crippen molar-refractivity contribution in [2.75, 3.05) is 6.54 Å². The average molecular weight is 352 g/mol. The highest BCUT2D eigenvalue weighted by Gasteiger charge is 2.13. The third kappa shape index (κ3) is 3.72. The zero-order valence-electron chi connectivity index (χ0n) is 12.4. The number of aryl methyl sites for hydroxylation is 1. The minimum Gasteiger partial charge on any atom is -0.309 e. The lowest BCUT2D eigenvalue weighted by Gasteiger charge is -2.14. The van der Waals surface area contributed by atoms with Crippen molar-refractivity contribution in [3.05, 3.63) is 45.2 Å². The first-order valence-electron chi connectivity index (χ1n) is 7.25. The van der Waals surface area contributed by atoms with E-state index in [9.17, 15) is 0 Å². The number of rotatable bonds is 6. The zero-order valence-corrected chi connectivity index (χ0v) is 14.8. The largest absolute Gasteiger partial charge is 0.309 e. The maximum atomic E-state index is 3.66. The molecule has 0 amide bonds. The van der Waals surface area contributed by atoms with E-state index in [2.05, 4.69) is 72.3 Å². The molecule has 0 saturated heterocycles. The topological polar surface area (TPSA) is 12.0 Å². The second-order valence-corrected chi connectivity index (χ2v) is 7.07. The molecule has 0 spiro atoms. The lowest BCUT2D eigenvalue weighted by atomic mass is 10.1. The summed E-state index contributed by atoms with van der Waals surface area (Å²) in [6.45, 7) is 7.68. The predicted molar refractivity (Wildman–Crippen MR) is 93.5 cm³/mol. The fraction of sp³-hybridized carbons (Fsp3) is 0.412. The molecule has 20 heavy (non-hydrogen) atoms. The van der Waals surface area contributed by atoms with Gasteiger partial charge >= 0.3 is 0 Å². The van der Waals surface area contributed by atoms with Crippen LogP contribution in [0.5, 0.6) is 0 Å². The molecule has 0 bridgehead atoms. The van der Waals surface area contributed by atoms with Crippen LogP contribution in [0.15, 0.2) is 34.8 Å². The van der Waals surface area contributed by atoms with Gasteiger partial charge in [-0.3, -0.25) is 0 Å². The van der Waals surface area contributed by atoms with Crippen LogP contribution in [0.3, 0.4) is 0 Å². The third-order valence-corrected chi connectivity index (χ3v) is 5.33. The first-order valence-corrected chi connectivity index (χ1v) is 8.86. The molecule has 1 aromatic carbocycles. The maximum absolute atomic E-state index is 3.66. The molecule has 1 atom stereocenters. The molecule has 0 aliphatic carbocycles. The Labute approximate surface area is 134 Å². The highest BCUT2D eigenvalue weighted by atomic mass is 79.9. The van der Waals surface area contributed by atoms with Crippen molar-refractivity contribution >= 4 is 27.3 Å². The normalized spacial score (nSPS) is 12.6. The molecular formula is C17H22BrNS. The SMILES string of the molecule is CCCNC(CC)c1ccc(-c2cc(C)ccc2Br)s1. The standard InChI is InChI=1S/C17H22BrNS/c1-4-10-19-15(5-2)17-9-8-16(20-17)13-11-12(3)6-7-14(13)18/h6-9,11,15,19H,4-5,10H2,1-3H3. The molecule has 2 rings (SSSR count). The van der Waals surface area contributed by atoms with Gasteiger partial charge in [0.05, 0.1) is 0 Å². The third-order valence-electron chi connectivity index (χ3n) is 3.41. The van der Waals surface area contributed by atoms with Gasteiger partial charge in [0.2, 0.25) is 0 Å². The molecule has 1 unspecified atom stereocenters. The minimum absolute atomic E-state index is 0.484. The Morgan fingerprint density at radius 2 is 2.00 bits per heavy atom. The van der Waals surface area contributed by atoms with Crippen LogP contribution in [-0.2, 0) is 0 Å². The van der Waals surface area contributed by atoms with Crippen molar-refractivity contribution in [1.82, 2.24) is 5.32 Å². The van der Waals surface area contributed by atoms with Crippen LogP contribution in [0.2, 0.25) is 0 Å². The first kappa shape index (κ1) is 15.7. The van der Waals surface area contributed by atoms with Crippen LogP contribution >= 0.6 is 27.3 Å². The van der Waals surface area contributed by atoms with Crippen molar-refractivity contribution in [3.8, 4) is 10.4 Å². The van der Waals surface area contributed by atoms with Gasteiger partial charge in [0, 0.05) is 25.8 Å². The lowest BCUT2D eigenvalue weighted by molar-refractivity contribution is 0.525. The average Bonchev–Trinajstić information content (AvgIpc) is 2.92. The quantitative estimate of drug-likeness (QED) is 0.679. The van der Waals surface area contributed by atoms with Crippen LogP contribution in [0.25, 0.3) is 10.4 Å². The summed E-state index contributed by atoms with van der Waals surface area (Å²) in [4.78, 5) is 2.77. The molecule has 0 radical (unpaired) electrons. The monoisotopic (exact) mass is 351 g/mol. The van der Waals surface area contributed by atoms with Gasteiger partial charge in [-0.2, -0.15) is 0 Å². The van der Waals surface area contributed by atoms with Crippen molar-refractivity contribution in [2.24, 2.45) is 0 Å². The Morgan fingerprint density at radius 1 is 1.20 bits per heavy atom. The molecule has 108 valence electrons. The molecule has 0 fully saturated rings. The number of benzene rings is 1. The number of nitrogens with one attached hydrogen (secondary N) is 1. The second-order valence-electron chi connectivity index (χ2n) is 5.10. The summed E-state index contributed by atoms with van der Waals surface area (Å²) in [7, 11) is 0. The van der Waals surface area contributed by atoms with Gasteiger partial charge in [0.1, 0.15) is 0 Å². The van der Waals surface area contributed by atoms with E-state index in [1.54, 1.807) is 0 Å². The molecule has 1 N–H and O–H groups in total. The van der Waals surface area contributed by atoms with E-state index < -0.39 is 0 Å². The van der Waals surface area contributed by atoms with Crippen molar-refractivity contribution in [1.29, 1.82) is 0 Å². The van der Waals surface area contributed by atoms with Crippen molar-refractivity contribution < 1.29 is 0 Å². The van der Waals surface area contributed by atoms with Gasteiger partial charge < -0.3 is 5.32 Å². The molecule has 2 aromatic rings. The van der Waals surface area contributed by atoms with Crippen LogP contribution in [-0.4, -0.2) is 6.54 Å². The summed E-state index contributed by atoms with van der Waals surface area (Å²) >= 11 is 5.56. The van der Waals surface area contributed by atoms with Gasteiger partial charge in [-0.05, 0) is 50.6 Å². The lowest BCUT2D eigenvalue weighted by Crippen LogP contribution is -2.20. The smallest absolute Gasteiger partial charge is 0.0412 e. The summed E-state index contributed by atoms with van der Waals surface area (Å²) in [5.41, 5.74) is 2.60. The van der Waals surface area contributed by atoms with E-state index >= 15 is 0 Å². The highest BCUT2D eigenvalue weighted by Crippen LogP contribution is 2.36.